The summed E-state index contributed by atoms with van der Waals surface area (Å²) in [5.74, 6) is 0.935. The molecule has 0 spiro atoms. The van der Waals surface area contributed by atoms with E-state index in [0.29, 0.717) is 6.10 Å². The van der Waals surface area contributed by atoms with Crippen LogP contribution < -0.4 is 4.74 Å². The normalized spacial score (nSPS) is 23.6. The SMILES string of the molecule is CCC1CCCCN1C.c1cc2oc1cc2OC1CCCC1. The van der Waals surface area contributed by atoms with Gasteiger partial charge in [0, 0.05) is 12.1 Å². The van der Waals surface area contributed by atoms with Crippen LogP contribution in [0.15, 0.2) is 22.6 Å². The number of fused-ring (bicyclic) bond motifs is 2. The Morgan fingerprint density at radius 1 is 1.14 bits per heavy atom. The van der Waals surface area contributed by atoms with Gasteiger partial charge in [-0.1, -0.05) is 13.3 Å². The van der Waals surface area contributed by atoms with Crippen LogP contribution in [0.25, 0.3) is 11.2 Å². The third kappa shape index (κ3) is 3.75. The minimum absolute atomic E-state index is 0.427. The first-order valence-corrected chi connectivity index (χ1v) is 8.95. The van der Waals surface area contributed by atoms with Gasteiger partial charge in [-0.15, -0.1) is 0 Å². The summed E-state index contributed by atoms with van der Waals surface area (Å²) in [6, 6.07) is 6.81. The molecule has 0 aromatic carbocycles. The summed E-state index contributed by atoms with van der Waals surface area (Å²) in [5, 5.41) is 0. The molecule has 22 heavy (non-hydrogen) atoms. The molecule has 1 atom stereocenters. The fourth-order valence-electron chi connectivity index (χ4n) is 3.70. The molecule has 4 rings (SSSR count). The van der Waals surface area contributed by atoms with Crippen molar-refractivity contribution in [2.75, 3.05) is 13.6 Å². The summed E-state index contributed by atoms with van der Waals surface area (Å²) >= 11 is 0. The molecule has 2 aromatic heterocycles. The summed E-state index contributed by atoms with van der Waals surface area (Å²) in [5.41, 5.74) is 1.81. The molecular weight excluding hydrogens is 274 g/mol. The monoisotopic (exact) mass is 303 g/mol. The van der Waals surface area contributed by atoms with Crippen LogP contribution in [0.5, 0.6) is 5.75 Å². The fraction of sp³-hybridized carbons (Fsp3) is 0.684. The highest BCUT2D eigenvalue weighted by Crippen LogP contribution is 2.32. The summed E-state index contributed by atoms with van der Waals surface area (Å²) in [7, 11) is 2.24. The van der Waals surface area contributed by atoms with E-state index in [4.69, 9.17) is 9.15 Å². The molecule has 2 fully saturated rings. The highest BCUT2D eigenvalue weighted by atomic mass is 16.5. The van der Waals surface area contributed by atoms with Gasteiger partial charge in [0.2, 0.25) is 0 Å². The van der Waals surface area contributed by atoms with Crippen LogP contribution in [0, 0.1) is 0 Å². The second-order valence-corrected chi connectivity index (χ2v) is 6.77. The molecular formula is C19H29NO2. The van der Waals surface area contributed by atoms with Gasteiger partial charge < -0.3 is 14.1 Å². The molecule has 0 radical (unpaired) electrons. The average molecular weight is 303 g/mol. The number of nitrogens with zero attached hydrogens (tertiary/aromatic N) is 1. The zero-order valence-electron chi connectivity index (χ0n) is 14.0. The molecule has 2 aromatic rings. The Morgan fingerprint density at radius 3 is 2.45 bits per heavy atom. The number of hydrogen-bond acceptors (Lipinski definition) is 3. The van der Waals surface area contributed by atoms with E-state index in [1.807, 2.05) is 18.2 Å². The Balaban J connectivity index is 0.000000142. The van der Waals surface area contributed by atoms with Crippen LogP contribution in [0.3, 0.4) is 0 Å². The van der Waals surface area contributed by atoms with E-state index in [1.165, 1.54) is 57.9 Å². The second-order valence-electron chi connectivity index (χ2n) is 6.77. The smallest absolute Gasteiger partial charge is 0.169 e. The number of furan rings is 2. The van der Waals surface area contributed by atoms with Gasteiger partial charge in [-0.05, 0) is 70.7 Å². The van der Waals surface area contributed by atoms with E-state index in [0.717, 1.165) is 23.0 Å². The van der Waals surface area contributed by atoms with E-state index in [-0.39, 0.29) is 0 Å². The lowest BCUT2D eigenvalue weighted by Gasteiger charge is -2.31. The van der Waals surface area contributed by atoms with Crippen molar-refractivity contribution in [3.63, 3.8) is 0 Å². The van der Waals surface area contributed by atoms with Gasteiger partial charge in [0.15, 0.2) is 11.3 Å². The number of benzene rings is 1. The third-order valence-corrected chi connectivity index (χ3v) is 5.13. The molecule has 3 heteroatoms. The van der Waals surface area contributed by atoms with Gasteiger partial charge >= 0.3 is 0 Å². The quantitative estimate of drug-likeness (QED) is 0.791. The number of ether oxygens (including phenoxy) is 1. The van der Waals surface area contributed by atoms with E-state index >= 15 is 0 Å². The van der Waals surface area contributed by atoms with Crippen molar-refractivity contribution >= 4 is 11.2 Å². The number of hydrogen-bond donors (Lipinski definition) is 0. The lowest BCUT2D eigenvalue weighted by molar-refractivity contribution is 0.181. The molecule has 3 heterocycles. The van der Waals surface area contributed by atoms with Gasteiger partial charge in [-0.3, -0.25) is 0 Å². The van der Waals surface area contributed by atoms with Crippen molar-refractivity contribution in [1.29, 1.82) is 0 Å². The van der Waals surface area contributed by atoms with Crippen molar-refractivity contribution in [2.45, 2.75) is 70.4 Å². The highest BCUT2D eigenvalue weighted by molar-refractivity contribution is 5.69. The van der Waals surface area contributed by atoms with E-state index < -0.39 is 0 Å². The molecule has 1 unspecified atom stereocenters. The molecule has 1 aliphatic heterocycles. The first kappa shape index (κ1) is 15.7. The number of piperidine rings is 1. The van der Waals surface area contributed by atoms with Crippen molar-refractivity contribution in [3.8, 4) is 5.75 Å². The highest BCUT2D eigenvalue weighted by Gasteiger charge is 2.19. The summed E-state index contributed by atoms with van der Waals surface area (Å²) in [6.07, 6.45) is 11.0. The Morgan fingerprint density at radius 2 is 1.91 bits per heavy atom. The molecule has 3 nitrogen and oxygen atoms in total. The molecule has 2 aliphatic rings. The van der Waals surface area contributed by atoms with Crippen LogP contribution >= 0.6 is 0 Å². The van der Waals surface area contributed by atoms with Gasteiger partial charge in [-0.2, -0.15) is 0 Å². The van der Waals surface area contributed by atoms with Crippen LogP contribution in [0.4, 0.5) is 0 Å². The Labute approximate surface area is 133 Å². The first-order valence-electron chi connectivity index (χ1n) is 8.95. The number of rotatable bonds is 3. The van der Waals surface area contributed by atoms with Gasteiger partial charge in [0.1, 0.15) is 5.58 Å². The standard InChI is InChI=1S/C11H12O2.C8H17N/c1-2-4-8(3-1)12-11-7-9-5-6-10(11)13-9;1-3-8-6-4-5-7-9(8)2/h5-8H,1-4H2;8H,3-7H2,1-2H3. The summed E-state index contributed by atoms with van der Waals surface area (Å²) in [4.78, 5) is 2.49. The van der Waals surface area contributed by atoms with Gasteiger partial charge in [0.05, 0.1) is 6.10 Å². The fourth-order valence-corrected chi connectivity index (χ4v) is 3.70. The lowest BCUT2D eigenvalue weighted by atomic mass is 10.0. The van der Waals surface area contributed by atoms with Gasteiger partial charge in [-0.25, -0.2) is 0 Å². The zero-order valence-corrected chi connectivity index (χ0v) is 14.0. The summed E-state index contributed by atoms with van der Waals surface area (Å²) < 4.78 is 11.2. The molecule has 0 amide bonds. The van der Waals surface area contributed by atoms with E-state index in [9.17, 15) is 0 Å². The van der Waals surface area contributed by atoms with Gasteiger partial charge in [0.25, 0.3) is 0 Å². The molecule has 122 valence electrons. The minimum Gasteiger partial charge on any atom is -0.486 e. The van der Waals surface area contributed by atoms with E-state index in [2.05, 4.69) is 18.9 Å². The maximum absolute atomic E-state index is 5.83. The van der Waals surface area contributed by atoms with Crippen molar-refractivity contribution in [1.82, 2.24) is 4.90 Å². The molecule has 0 N–H and O–H groups in total. The molecule has 1 saturated heterocycles. The van der Waals surface area contributed by atoms with Crippen LogP contribution in [-0.4, -0.2) is 30.6 Å². The largest absolute Gasteiger partial charge is 0.486 e. The minimum atomic E-state index is 0.427. The Kier molecular flexibility index (Phi) is 5.24. The molecule has 1 aliphatic carbocycles. The van der Waals surface area contributed by atoms with E-state index in [1.54, 1.807) is 0 Å². The topological polar surface area (TPSA) is 25.6 Å². The van der Waals surface area contributed by atoms with Crippen LogP contribution in [-0.2, 0) is 0 Å². The van der Waals surface area contributed by atoms with Crippen molar-refractivity contribution < 1.29 is 9.15 Å². The average Bonchev–Trinajstić information content (AvgIpc) is 3.26. The predicted octanol–water partition coefficient (Wildman–Crippen LogP) is 5.07. The Hall–Kier alpha value is -1.22. The Bertz CT molecular complexity index is 544. The van der Waals surface area contributed by atoms with Crippen molar-refractivity contribution in [3.05, 3.63) is 18.2 Å². The van der Waals surface area contributed by atoms with Crippen LogP contribution in [0.2, 0.25) is 0 Å². The maximum Gasteiger partial charge on any atom is 0.169 e. The molecule has 2 bridgehead atoms. The molecule has 1 saturated carbocycles. The maximum atomic E-state index is 5.83. The zero-order chi connectivity index (χ0) is 15.4. The van der Waals surface area contributed by atoms with Crippen molar-refractivity contribution in [2.24, 2.45) is 0 Å². The first-order chi connectivity index (χ1) is 10.8. The predicted molar refractivity (Wildman–Crippen MR) is 90.8 cm³/mol. The third-order valence-electron chi connectivity index (χ3n) is 5.13. The lowest BCUT2D eigenvalue weighted by Crippen LogP contribution is -2.35. The summed E-state index contributed by atoms with van der Waals surface area (Å²) in [6.45, 7) is 3.60. The number of likely N-dealkylation sites (tertiary alicyclic amines) is 1. The second kappa shape index (κ2) is 7.36. The van der Waals surface area contributed by atoms with Crippen LogP contribution in [0.1, 0.15) is 58.3 Å².